The van der Waals surface area contributed by atoms with Crippen molar-refractivity contribution >= 4 is 17.3 Å². The molecule has 20 heavy (non-hydrogen) atoms. The molecule has 0 saturated heterocycles. The zero-order valence-electron chi connectivity index (χ0n) is 11.1. The van der Waals surface area contributed by atoms with Crippen molar-refractivity contribution in [3.05, 3.63) is 47.8 Å². The molecule has 1 aromatic carbocycles. The second kappa shape index (κ2) is 5.21. The van der Waals surface area contributed by atoms with Crippen LogP contribution >= 0.6 is 0 Å². The van der Waals surface area contributed by atoms with Crippen LogP contribution in [0.25, 0.3) is 0 Å². The molecule has 1 amide bonds. The fourth-order valence-electron chi connectivity index (χ4n) is 2.09. The molecule has 102 valence electrons. The van der Waals surface area contributed by atoms with E-state index in [0.717, 1.165) is 16.9 Å². The molecule has 1 aliphatic rings. The summed E-state index contributed by atoms with van der Waals surface area (Å²) in [6.07, 6.45) is 1.79. The topological polar surface area (TPSA) is 63.3 Å². The fraction of sp³-hybridized carbons (Fsp3) is 0.200. The molecule has 2 aromatic rings. The molecule has 3 rings (SSSR count). The highest BCUT2D eigenvalue weighted by Gasteiger charge is 2.15. The Bertz CT molecular complexity index is 655. The van der Waals surface area contributed by atoms with Gasteiger partial charge in [-0.2, -0.15) is 0 Å². The summed E-state index contributed by atoms with van der Waals surface area (Å²) in [6, 6.07) is 9.62. The van der Waals surface area contributed by atoms with Gasteiger partial charge < -0.3 is 15.4 Å². The van der Waals surface area contributed by atoms with Crippen LogP contribution in [0, 0.1) is 6.92 Å². The zero-order chi connectivity index (χ0) is 13.9. The van der Waals surface area contributed by atoms with Crippen molar-refractivity contribution in [1.82, 2.24) is 4.98 Å². The molecule has 1 aliphatic heterocycles. The summed E-state index contributed by atoms with van der Waals surface area (Å²) in [4.78, 5) is 15.5. The first kappa shape index (κ1) is 12.5. The van der Waals surface area contributed by atoms with E-state index in [-0.39, 0.29) is 12.5 Å². The van der Waals surface area contributed by atoms with Gasteiger partial charge >= 0.3 is 0 Å². The second-order valence-corrected chi connectivity index (χ2v) is 4.65. The molecule has 0 radical (unpaired) electrons. The molecular weight excluding hydrogens is 254 g/mol. The van der Waals surface area contributed by atoms with E-state index in [9.17, 15) is 4.79 Å². The van der Waals surface area contributed by atoms with Gasteiger partial charge in [-0.05, 0) is 30.7 Å². The van der Waals surface area contributed by atoms with Crippen molar-refractivity contribution in [2.45, 2.75) is 13.5 Å². The summed E-state index contributed by atoms with van der Waals surface area (Å²) in [6.45, 7) is 2.76. The van der Waals surface area contributed by atoms with Crippen LogP contribution in [-0.2, 0) is 11.3 Å². The van der Waals surface area contributed by atoms with Crippen LogP contribution < -0.4 is 15.4 Å². The number of carbonyl (C=O) groups is 1. The number of pyridine rings is 1. The van der Waals surface area contributed by atoms with Gasteiger partial charge in [-0.15, -0.1) is 0 Å². The van der Waals surface area contributed by atoms with Gasteiger partial charge in [0.05, 0.1) is 5.69 Å². The van der Waals surface area contributed by atoms with Crippen LogP contribution in [0.2, 0.25) is 0 Å². The number of ether oxygens (including phenoxy) is 1. The number of benzene rings is 1. The standard InChI is InChI=1S/C15H15N3O2/c1-10-11(3-2-6-16-10)8-17-12-4-5-13-14(7-12)20-9-15(19)18-13/h2-7,17H,8-9H2,1H3,(H,18,19). The lowest BCUT2D eigenvalue weighted by molar-refractivity contribution is -0.118. The minimum Gasteiger partial charge on any atom is -0.482 e. The van der Waals surface area contributed by atoms with Gasteiger partial charge in [0.25, 0.3) is 5.91 Å². The number of anilines is 2. The third kappa shape index (κ3) is 2.56. The van der Waals surface area contributed by atoms with Crippen molar-refractivity contribution in [1.29, 1.82) is 0 Å². The third-order valence-electron chi connectivity index (χ3n) is 3.21. The summed E-state index contributed by atoms with van der Waals surface area (Å²) in [5.74, 6) is 0.571. The Morgan fingerprint density at radius 1 is 1.40 bits per heavy atom. The van der Waals surface area contributed by atoms with E-state index in [0.29, 0.717) is 18.0 Å². The first-order valence-electron chi connectivity index (χ1n) is 6.43. The number of aryl methyl sites for hydroxylation is 1. The Kier molecular flexibility index (Phi) is 3.25. The van der Waals surface area contributed by atoms with E-state index < -0.39 is 0 Å². The lowest BCUT2D eigenvalue weighted by Crippen LogP contribution is -2.25. The molecule has 0 fully saturated rings. The Morgan fingerprint density at radius 2 is 2.30 bits per heavy atom. The first-order chi connectivity index (χ1) is 9.72. The number of amides is 1. The summed E-state index contributed by atoms with van der Waals surface area (Å²) < 4.78 is 5.39. The normalized spacial score (nSPS) is 13.2. The molecule has 0 saturated carbocycles. The molecular formula is C15H15N3O2. The fourth-order valence-corrected chi connectivity index (χ4v) is 2.09. The van der Waals surface area contributed by atoms with Crippen molar-refractivity contribution in [3.8, 4) is 5.75 Å². The Hall–Kier alpha value is -2.56. The molecule has 5 heteroatoms. The van der Waals surface area contributed by atoms with Gasteiger partial charge in [-0.25, -0.2) is 0 Å². The molecule has 5 nitrogen and oxygen atoms in total. The monoisotopic (exact) mass is 269 g/mol. The predicted molar refractivity (Wildman–Crippen MR) is 76.9 cm³/mol. The third-order valence-corrected chi connectivity index (χ3v) is 3.21. The average Bonchev–Trinajstić information content (AvgIpc) is 2.46. The van der Waals surface area contributed by atoms with Crippen molar-refractivity contribution in [2.24, 2.45) is 0 Å². The molecule has 2 N–H and O–H groups in total. The number of nitrogens with zero attached hydrogens (tertiary/aromatic N) is 1. The van der Waals surface area contributed by atoms with Crippen molar-refractivity contribution in [2.75, 3.05) is 17.2 Å². The van der Waals surface area contributed by atoms with E-state index in [1.165, 1.54) is 0 Å². The number of rotatable bonds is 3. The SMILES string of the molecule is Cc1ncccc1CNc1ccc2c(c1)OCC(=O)N2. The predicted octanol–water partition coefficient (Wildman–Crippen LogP) is 2.33. The Morgan fingerprint density at radius 3 is 3.15 bits per heavy atom. The van der Waals surface area contributed by atoms with E-state index in [1.54, 1.807) is 6.20 Å². The lowest BCUT2D eigenvalue weighted by atomic mass is 10.2. The summed E-state index contributed by atoms with van der Waals surface area (Å²) in [5, 5.41) is 6.10. The molecule has 2 heterocycles. The van der Waals surface area contributed by atoms with E-state index in [1.807, 2.05) is 37.3 Å². The van der Waals surface area contributed by atoms with Gasteiger partial charge in [-0.3, -0.25) is 9.78 Å². The molecule has 0 spiro atoms. The first-order valence-corrected chi connectivity index (χ1v) is 6.43. The summed E-state index contributed by atoms with van der Waals surface area (Å²) in [5.41, 5.74) is 3.83. The average molecular weight is 269 g/mol. The van der Waals surface area contributed by atoms with Crippen LogP contribution in [-0.4, -0.2) is 17.5 Å². The van der Waals surface area contributed by atoms with Crippen LogP contribution in [0.3, 0.4) is 0 Å². The Labute approximate surface area is 117 Å². The number of hydrogen-bond donors (Lipinski definition) is 2. The zero-order valence-corrected chi connectivity index (χ0v) is 11.1. The van der Waals surface area contributed by atoms with Crippen LogP contribution in [0.15, 0.2) is 36.5 Å². The molecule has 0 atom stereocenters. The van der Waals surface area contributed by atoms with Crippen LogP contribution in [0.5, 0.6) is 5.75 Å². The van der Waals surface area contributed by atoms with Crippen LogP contribution in [0.4, 0.5) is 11.4 Å². The smallest absolute Gasteiger partial charge is 0.262 e. The minimum atomic E-state index is -0.121. The van der Waals surface area contributed by atoms with E-state index in [2.05, 4.69) is 15.6 Å². The maximum Gasteiger partial charge on any atom is 0.262 e. The highest BCUT2D eigenvalue weighted by atomic mass is 16.5. The minimum absolute atomic E-state index is 0.0676. The number of fused-ring (bicyclic) bond motifs is 1. The largest absolute Gasteiger partial charge is 0.482 e. The maximum atomic E-state index is 11.2. The quantitative estimate of drug-likeness (QED) is 0.897. The van der Waals surface area contributed by atoms with Gasteiger partial charge in [0.15, 0.2) is 6.61 Å². The number of aromatic nitrogens is 1. The maximum absolute atomic E-state index is 11.2. The van der Waals surface area contributed by atoms with Gasteiger partial charge in [0, 0.05) is 30.2 Å². The van der Waals surface area contributed by atoms with E-state index in [4.69, 9.17) is 4.74 Å². The summed E-state index contributed by atoms with van der Waals surface area (Å²) >= 11 is 0. The highest BCUT2D eigenvalue weighted by Crippen LogP contribution is 2.30. The van der Waals surface area contributed by atoms with E-state index >= 15 is 0 Å². The number of nitrogens with one attached hydrogen (secondary N) is 2. The van der Waals surface area contributed by atoms with Gasteiger partial charge in [0.1, 0.15) is 5.75 Å². The van der Waals surface area contributed by atoms with Crippen molar-refractivity contribution < 1.29 is 9.53 Å². The van der Waals surface area contributed by atoms with Crippen LogP contribution in [0.1, 0.15) is 11.3 Å². The highest BCUT2D eigenvalue weighted by molar-refractivity contribution is 5.95. The second-order valence-electron chi connectivity index (χ2n) is 4.65. The van der Waals surface area contributed by atoms with Gasteiger partial charge in [-0.1, -0.05) is 6.07 Å². The lowest BCUT2D eigenvalue weighted by Gasteiger charge is -2.19. The molecule has 0 aliphatic carbocycles. The molecule has 1 aromatic heterocycles. The van der Waals surface area contributed by atoms with Gasteiger partial charge in [0.2, 0.25) is 0 Å². The van der Waals surface area contributed by atoms with Crippen molar-refractivity contribution in [3.63, 3.8) is 0 Å². The number of carbonyl (C=O) groups excluding carboxylic acids is 1. The number of hydrogen-bond acceptors (Lipinski definition) is 4. The summed E-state index contributed by atoms with van der Waals surface area (Å²) in [7, 11) is 0. The Balaban J connectivity index is 1.73. The molecule has 0 bridgehead atoms. The molecule has 0 unspecified atom stereocenters.